The Balaban J connectivity index is 1.20. The van der Waals surface area contributed by atoms with E-state index in [0.717, 1.165) is 39.2 Å². The van der Waals surface area contributed by atoms with Gasteiger partial charge >= 0.3 is 6.09 Å². The highest BCUT2D eigenvalue weighted by atomic mass is 35.5. The quantitative estimate of drug-likeness (QED) is 0.295. The van der Waals surface area contributed by atoms with Gasteiger partial charge in [-0.05, 0) is 89.8 Å². The summed E-state index contributed by atoms with van der Waals surface area (Å²) in [6.45, 7) is 8.82. The Bertz CT molecular complexity index is 1660. The second-order valence-corrected chi connectivity index (χ2v) is 13.6. The fourth-order valence-electron chi connectivity index (χ4n) is 4.93. The zero-order valence-corrected chi connectivity index (χ0v) is 24.6. The molecule has 0 radical (unpaired) electrons. The zero-order valence-electron chi connectivity index (χ0n) is 23.0. The number of benzene rings is 4. The Kier molecular flexibility index (Phi) is 8.06. The van der Waals surface area contributed by atoms with Gasteiger partial charge in [-0.1, -0.05) is 48.0 Å². The molecule has 4 aromatic carbocycles. The van der Waals surface area contributed by atoms with E-state index in [-0.39, 0.29) is 0 Å². The second kappa shape index (κ2) is 11.4. The molecule has 1 aliphatic heterocycles. The third kappa shape index (κ3) is 6.75. The minimum atomic E-state index is -3.58. The smallest absolute Gasteiger partial charge is 0.407 e. The van der Waals surface area contributed by atoms with Gasteiger partial charge in [-0.3, -0.25) is 4.90 Å². The number of ether oxygens (including phenoxy) is 1. The molecule has 40 heavy (non-hydrogen) atoms. The number of hydrogen-bond acceptors (Lipinski definition) is 5. The summed E-state index contributed by atoms with van der Waals surface area (Å²) in [5, 5.41) is 7.42. The van der Waals surface area contributed by atoms with E-state index in [4.69, 9.17) is 16.3 Å². The third-order valence-corrected chi connectivity index (χ3v) is 9.08. The molecular weight excluding hydrogens is 546 g/mol. The Labute approximate surface area is 240 Å². The molecule has 1 N–H and O–H groups in total. The maximum absolute atomic E-state index is 13.4. The number of amides is 1. The summed E-state index contributed by atoms with van der Waals surface area (Å²) in [7, 11) is -3.58. The van der Waals surface area contributed by atoms with Crippen LogP contribution in [-0.2, 0) is 27.8 Å². The minimum Gasteiger partial charge on any atom is -0.444 e. The molecule has 5 rings (SSSR count). The predicted molar refractivity (Wildman–Crippen MR) is 160 cm³/mol. The van der Waals surface area contributed by atoms with E-state index < -0.39 is 21.7 Å². The molecule has 1 aliphatic rings. The summed E-state index contributed by atoms with van der Waals surface area (Å²) in [6.07, 6.45) is -0.437. The van der Waals surface area contributed by atoms with Gasteiger partial charge in [-0.2, -0.15) is 4.31 Å². The first kappa shape index (κ1) is 28.4. The molecular formula is C31H34ClN3O4S. The van der Waals surface area contributed by atoms with Crippen LogP contribution in [0.15, 0.2) is 77.7 Å². The van der Waals surface area contributed by atoms with Gasteiger partial charge in [0.2, 0.25) is 10.0 Å². The van der Waals surface area contributed by atoms with Crippen molar-refractivity contribution < 1.29 is 17.9 Å². The lowest BCUT2D eigenvalue weighted by Crippen LogP contribution is -2.48. The molecule has 1 fully saturated rings. The lowest BCUT2D eigenvalue weighted by molar-refractivity contribution is 0.0523. The van der Waals surface area contributed by atoms with Gasteiger partial charge in [0.1, 0.15) is 5.60 Å². The number of sulfonamides is 1. The normalized spacial score (nSPS) is 15.4. The number of rotatable bonds is 6. The molecule has 4 aromatic rings. The predicted octanol–water partition coefficient (Wildman–Crippen LogP) is 6.18. The summed E-state index contributed by atoms with van der Waals surface area (Å²) in [5.41, 5.74) is 1.62. The number of hydrogen-bond donors (Lipinski definition) is 1. The molecule has 7 nitrogen and oxygen atoms in total. The monoisotopic (exact) mass is 579 g/mol. The van der Waals surface area contributed by atoms with Crippen molar-refractivity contribution in [2.45, 2.75) is 44.4 Å². The number of carbonyl (C=O) groups is 1. The van der Waals surface area contributed by atoms with Gasteiger partial charge in [0, 0.05) is 44.3 Å². The van der Waals surface area contributed by atoms with Gasteiger partial charge in [0.25, 0.3) is 0 Å². The van der Waals surface area contributed by atoms with E-state index in [1.807, 2.05) is 45.0 Å². The van der Waals surface area contributed by atoms with Crippen molar-refractivity contribution in [3.8, 4) is 0 Å². The number of nitrogens with zero attached hydrogens (tertiary/aromatic N) is 2. The summed E-state index contributed by atoms with van der Waals surface area (Å²) in [5.74, 6) is 0. The van der Waals surface area contributed by atoms with Crippen molar-refractivity contribution in [2.75, 3.05) is 26.2 Å². The van der Waals surface area contributed by atoms with Crippen molar-refractivity contribution in [2.24, 2.45) is 0 Å². The fraction of sp³-hybridized carbons (Fsp3) is 0.323. The van der Waals surface area contributed by atoms with Gasteiger partial charge < -0.3 is 10.1 Å². The minimum absolute atomic E-state index is 0.308. The second-order valence-electron chi connectivity index (χ2n) is 11.2. The summed E-state index contributed by atoms with van der Waals surface area (Å²) in [6, 6.07) is 23.2. The Morgan fingerprint density at radius 2 is 1.45 bits per heavy atom. The van der Waals surface area contributed by atoms with Crippen LogP contribution in [0.5, 0.6) is 0 Å². The summed E-state index contributed by atoms with van der Waals surface area (Å²) >= 11 is 6.07. The molecule has 0 unspecified atom stereocenters. The molecule has 9 heteroatoms. The number of carbonyl (C=O) groups excluding carboxylic acids is 1. The summed E-state index contributed by atoms with van der Waals surface area (Å²) in [4.78, 5) is 14.6. The average Bonchev–Trinajstić information content (AvgIpc) is 2.90. The van der Waals surface area contributed by atoms with Crippen LogP contribution in [0, 0.1) is 0 Å². The van der Waals surface area contributed by atoms with E-state index in [1.54, 1.807) is 22.5 Å². The average molecular weight is 580 g/mol. The molecule has 0 aromatic heterocycles. The van der Waals surface area contributed by atoms with E-state index in [1.165, 1.54) is 0 Å². The van der Waals surface area contributed by atoms with Crippen LogP contribution in [0.2, 0.25) is 5.02 Å². The number of piperazine rings is 1. The number of alkyl carbamates (subject to hydrolysis) is 1. The lowest BCUT2D eigenvalue weighted by Gasteiger charge is -2.34. The number of fused-ring (bicyclic) bond motifs is 2. The maximum Gasteiger partial charge on any atom is 0.407 e. The molecule has 0 aliphatic carbocycles. The Hall–Kier alpha value is -3.17. The standard InChI is InChI=1S/C31H34ClN3O4S/c1-31(2,3)39-30(36)33-20-22-4-6-24-7-5-23(17-27(24)16-22)21-34-12-14-35(15-13-34)40(37,38)29-11-9-25-18-28(32)10-8-26(25)19-29/h4-11,16-19H,12-15,20-21H2,1-3H3,(H,33,36). The summed E-state index contributed by atoms with van der Waals surface area (Å²) < 4.78 is 33.6. The molecule has 0 saturated carbocycles. The Morgan fingerprint density at radius 1 is 0.825 bits per heavy atom. The van der Waals surface area contributed by atoms with Crippen molar-refractivity contribution in [1.29, 1.82) is 0 Å². The van der Waals surface area contributed by atoms with Crippen molar-refractivity contribution >= 4 is 49.3 Å². The molecule has 1 saturated heterocycles. The van der Waals surface area contributed by atoms with Crippen LogP contribution in [0.1, 0.15) is 31.9 Å². The number of halogens is 1. The molecule has 210 valence electrons. The SMILES string of the molecule is CC(C)(C)OC(=O)NCc1ccc2ccc(CN3CCN(S(=O)(=O)c4ccc5cc(Cl)ccc5c4)CC3)cc2c1. The van der Waals surface area contributed by atoms with Crippen LogP contribution < -0.4 is 5.32 Å². The fourth-order valence-corrected chi connectivity index (χ4v) is 6.57. The van der Waals surface area contributed by atoms with E-state index in [0.29, 0.717) is 42.6 Å². The first-order valence-corrected chi connectivity index (χ1v) is 15.2. The zero-order chi connectivity index (χ0) is 28.5. The highest BCUT2D eigenvalue weighted by molar-refractivity contribution is 7.89. The molecule has 1 amide bonds. The van der Waals surface area contributed by atoms with Gasteiger partial charge in [0.05, 0.1) is 4.90 Å². The van der Waals surface area contributed by atoms with E-state index >= 15 is 0 Å². The van der Waals surface area contributed by atoms with Crippen LogP contribution in [0.3, 0.4) is 0 Å². The third-order valence-electron chi connectivity index (χ3n) is 6.95. The largest absolute Gasteiger partial charge is 0.444 e. The highest BCUT2D eigenvalue weighted by Gasteiger charge is 2.28. The highest BCUT2D eigenvalue weighted by Crippen LogP contribution is 2.26. The van der Waals surface area contributed by atoms with Crippen molar-refractivity contribution in [3.63, 3.8) is 0 Å². The topological polar surface area (TPSA) is 79.0 Å². The van der Waals surface area contributed by atoms with E-state index in [9.17, 15) is 13.2 Å². The Morgan fingerprint density at radius 3 is 2.17 bits per heavy atom. The molecule has 0 bridgehead atoms. The van der Waals surface area contributed by atoms with Crippen LogP contribution in [0.4, 0.5) is 4.79 Å². The van der Waals surface area contributed by atoms with Gasteiger partial charge in [-0.15, -0.1) is 0 Å². The number of nitrogens with one attached hydrogen (secondary N) is 1. The first-order chi connectivity index (χ1) is 19.0. The van der Waals surface area contributed by atoms with Crippen molar-refractivity contribution in [1.82, 2.24) is 14.5 Å². The lowest BCUT2D eigenvalue weighted by atomic mass is 10.0. The van der Waals surface area contributed by atoms with Crippen LogP contribution in [0.25, 0.3) is 21.5 Å². The molecule has 1 heterocycles. The first-order valence-electron chi connectivity index (χ1n) is 13.4. The van der Waals surface area contributed by atoms with Crippen LogP contribution in [-0.4, -0.2) is 55.5 Å². The molecule has 0 atom stereocenters. The van der Waals surface area contributed by atoms with Crippen molar-refractivity contribution in [3.05, 3.63) is 88.9 Å². The van der Waals surface area contributed by atoms with Crippen LogP contribution >= 0.6 is 11.6 Å². The molecule has 0 spiro atoms. The van der Waals surface area contributed by atoms with Gasteiger partial charge in [-0.25, -0.2) is 13.2 Å². The van der Waals surface area contributed by atoms with E-state index in [2.05, 4.69) is 40.5 Å². The maximum atomic E-state index is 13.4. The van der Waals surface area contributed by atoms with Gasteiger partial charge in [0.15, 0.2) is 0 Å².